The molecule has 2 aromatic heterocycles. The van der Waals surface area contributed by atoms with E-state index in [1.165, 1.54) is 23.5 Å². The van der Waals surface area contributed by atoms with E-state index in [1.54, 1.807) is 53.9 Å². The number of hydrogen-bond acceptors (Lipinski definition) is 6. The van der Waals surface area contributed by atoms with Gasteiger partial charge in [0.25, 0.3) is 5.69 Å². The zero-order valence-electron chi connectivity index (χ0n) is 15.6. The molecule has 0 saturated carbocycles. The van der Waals surface area contributed by atoms with Crippen LogP contribution in [0.3, 0.4) is 0 Å². The first-order valence-electron chi connectivity index (χ1n) is 8.82. The van der Waals surface area contributed by atoms with Crippen LogP contribution in [0.25, 0.3) is 34.2 Å². The summed E-state index contributed by atoms with van der Waals surface area (Å²) >= 11 is 13.5. The Bertz CT molecular complexity index is 1370. The molecule has 6 nitrogen and oxygen atoms in total. The van der Waals surface area contributed by atoms with Gasteiger partial charge in [-0.25, -0.2) is 4.98 Å². The Morgan fingerprint density at radius 2 is 2.03 bits per heavy atom. The van der Waals surface area contributed by atoms with Crippen molar-refractivity contribution in [2.45, 2.75) is 0 Å². The average molecular weight is 468 g/mol. The number of nitro groups is 1. The third kappa shape index (κ3) is 4.52. The van der Waals surface area contributed by atoms with Crippen molar-refractivity contribution in [2.75, 3.05) is 0 Å². The van der Waals surface area contributed by atoms with Gasteiger partial charge in [-0.15, -0.1) is 11.3 Å². The van der Waals surface area contributed by atoms with Crippen LogP contribution in [0.1, 0.15) is 10.8 Å². The number of aromatic nitrogens is 1. The summed E-state index contributed by atoms with van der Waals surface area (Å²) in [5, 5.41) is 23.9. The number of non-ortho nitro benzene ring substituents is 1. The summed E-state index contributed by atoms with van der Waals surface area (Å²) in [6.07, 6.45) is 1.58. The predicted octanol–water partition coefficient (Wildman–Crippen LogP) is 7.35. The summed E-state index contributed by atoms with van der Waals surface area (Å²) in [5.74, 6) is 0.974. The molecule has 4 rings (SSSR count). The fourth-order valence-electron chi connectivity index (χ4n) is 2.85. The van der Waals surface area contributed by atoms with E-state index in [-0.39, 0.29) is 5.69 Å². The van der Waals surface area contributed by atoms with E-state index >= 15 is 0 Å². The van der Waals surface area contributed by atoms with Crippen molar-refractivity contribution in [3.8, 4) is 28.7 Å². The lowest BCUT2D eigenvalue weighted by Gasteiger charge is -2.01. The standard InChI is InChI=1S/C22H11Cl2N3O3S/c23-15-4-6-19(24)18(10-15)21-7-5-17(30-21)9-14(11-25)22-26-20(12-31-22)13-2-1-3-16(8-13)27(28)29/h1-10,12H/b14-9+. The summed E-state index contributed by atoms with van der Waals surface area (Å²) in [6.45, 7) is 0. The highest BCUT2D eigenvalue weighted by Crippen LogP contribution is 2.33. The van der Waals surface area contributed by atoms with Gasteiger partial charge in [0.15, 0.2) is 0 Å². The Morgan fingerprint density at radius 3 is 2.81 bits per heavy atom. The van der Waals surface area contributed by atoms with E-state index in [2.05, 4.69) is 11.1 Å². The number of allylic oxidation sites excluding steroid dienone is 1. The molecule has 0 aliphatic carbocycles. The number of nitrogens with zero attached hydrogens (tertiary/aromatic N) is 3. The number of nitro benzene ring substituents is 1. The molecule has 152 valence electrons. The third-order valence-electron chi connectivity index (χ3n) is 4.32. The maximum absolute atomic E-state index is 11.0. The topological polar surface area (TPSA) is 93.0 Å². The highest BCUT2D eigenvalue weighted by atomic mass is 35.5. The first-order chi connectivity index (χ1) is 14.9. The summed E-state index contributed by atoms with van der Waals surface area (Å²) in [7, 11) is 0. The molecule has 0 amide bonds. The first kappa shape index (κ1) is 20.8. The van der Waals surface area contributed by atoms with Gasteiger partial charge in [0.05, 0.1) is 21.2 Å². The molecule has 0 unspecified atom stereocenters. The fraction of sp³-hybridized carbons (Fsp3) is 0. The number of benzene rings is 2. The zero-order chi connectivity index (χ0) is 22.0. The molecule has 0 bridgehead atoms. The molecule has 9 heteroatoms. The van der Waals surface area contributed by atoms with Crippen LogP contribution in [0.15, 0.2) is 64.4 Å². The van der Waals surface area contributed by atoms with Gasteiger partial charge in [0.1, 0.15) is 22.6 Å². The van der Waals surface area contributed by atoms with Crippen LogP contribution in [0.5, 0.6) is 0 Å². The second-order valence-corrected chi connectivity index (χ2v) is 8.04. The van der Waals surface area contributed by atoms with Crippen molar-refractivity contribution < 1.29 is 9.34 Å². The van der Waals surface area contributed by atoms with E-state index in [0.29, 0.717) is 49.0 Å². The largest absolute Gasteiger partial charge is 0.457 e. The molecule has 0 aliphatic rings. The Balaban J connectivity index is 1.64. The lowest BCUT2D eigenvalue weighted by Crippen LogP contribution is -1.88. The highest BCUT2D eigenvalue weighted by Gasteiger charge is 2.14. The molecule has 2 heterocycles. The second-order valence-electron chi connectivity index (χ2n) is 6.34. The highest BCUT2D eigenvalue weighted by molar-refractivity contribution is 7.11. The molecule has 31 heavy (non-hydrogen) atoms. The minimum absolute atomic E-state index is 0.0223. The number of furan rings is 1. The Morgan fingerprint density at radius 1 is 1.19 bits per heavy atom. The van der Waals surface area contributed by atoms with Crippen molar-refractivity contribution in [1.82, 2.24) is 4.98 Å². The Hall–Kier alpha value is -3.44. The Labute approximate surface area is 190 Å². The smallest absolute Gasteiger partial charge is 0.270 e. The first-order valence-corrected chi connectivity index (χ1v) is 10.5. The molecule has 0 spiro atoms. The van der Waals surface area contributed by atoms with Crippen molar-refractivity contribution in [3.05, 3.63) is 90.9 Å². The van der Waals surface area contributed by atoms with Crippen molar-refractivity contribution in [3.63, 3.8) is 0 Å². The van der Waals surface area contributed by atoms with Gasteiger partial charge < -0.3 is 4.42 Å². The van der Waals surface area contributed by atoms with E-state index < -0.39 is 4.92 Å². The van der Waals surface area contributed by atoms with E-state index in [1.807, 2.05) is 0 Å². The van der Waals surface area contributed by atoms with Gasteiger partial charge in [-0.3, -0.25) is 10.1 Å². The van der Waals surface area contributed by atoms with Gasteiger partial charge in [0.2, 0.25) is 0 Å². The molecule has 0 radical (unpaired) electrons. The van der Waals surface area contributed by atoms with Crippen LogP contribution >= 0.6 is 34.5 Å². The molecule has 4 aromatic rings. The predicted molar refractivity (Wildman–Crippen MR) is 122 cm³/mol. The van der Waals surface area contributed by atoms with E-state index in [9.17, 15) is 15.4 Å². The monoisotopic (exact) mass is 467 g/mol. The van der Waals surface area contributed by atoms with Crippen molar-refractivity contribution in [1.29, 1.82) is 5.26 Å². The van der Waals surface area contributed by atoms with Crippen LogP contribution in [-0.4, -0.2) is 9.91 Å². The molecular formula is C22H11Cl2N3O3S. The number of thiazole rings is 1. The number of hydrogen-bond donors (Lipinski definition) is 0. The SMILES string of the molecule is N#C/C(=C\c1ccc(-c2cc(Cl)ccc2Cl)o1)c1nc(-c2cccc([N+](=O)[O-])c2)cs1. The minimum Gasteiger partial charge on any atom is -0.457 e. The number of nitriles is 1. The van der Waals surface area contributed by atoms with E-state index in [4.69, 9.17) is 27.6 Å². The molecule has 2 aromatic carbocycles. The van der Waals surface area contributed by atoms with Gasteiger partial charge in [-0.1, -0.05) is 35.3 Å². The number of rotatable bonds is 5. The van der Waals surface area contributed by atoms with Gasteiger partial charge >= 0.3 is 0 Å². The molecule has 0 N–H and O–H groups in total. The second kappa shape index (κ2) is 8.74. The van der Waals surface area contributed by atoms with Crippen LogP contribution < -0.4 is 0 Å². The van der Waals surface area contributed by atoms with Gasteiger partial charge in [-0.2, -0.15) is 5.26 Å². The third-order valence-corrected chi connectivity index (χ3v) is 5.76. The summed E-state index contributed by atoms with van der Waals surface area (Å²) < 4.78 is 5.82. The van der Waals surface area contributed by atoms with E-state index in [0.717, 1.165) is 0 Å². The maximum atomic E-state index is 11.0. The lowest BCUT2D eigenvalue weighted by atomic mass is 10.1. The molecular weight excluding hydrogens is 457 g/mol. The van der Waals surface area contributed by atoms with Gasteiger partial charge in [-0.05, 0) is 30.3 Å². The summed E-state index contributed by atoms with van der Waals surface area (Å²) in [4.78, 5) is 15.0. The van der Waals surface area contributed by atoms with Crippen LogP contribution in [0, 0.1) is 21.4 Å². The number of halogens is 2. The average Bonchev–Trinajstić information content (AvgIpc) is 3.44. The summed E-state index contributed by atoms with van der Waals surface area (Å²) in [5.41, 5.74) is 2.08. The van der Waals surface area contributed by atoms with Crippen molar-refractivity contribution in [2.24, 2.45) is 0 Å². The van der Waals surface area contributed by atoms with Crippen LogP contribution in [0.4, 0.5) is 5.69 Å². The normalized spacial score (nSPS) is 11.3. The van der Waals surface area contributed by atoms with Crippen LogP contribution in [0.2, 0.25) is 10.0 Å². The zero-order valence-corrected chi connectivity index (χ0v) is 17.9. The quantitative estimate of drug-likeness (QED) is 0.173. The molecule has 0 fully saturated rings. The van der Waals surface area contributed by atoms with Crippen LogP contribution in [-0.2, 0) is 0 Å². The minimum atomic E-state index is -0.460. The Kier molecular flexibility index (Phi) is 5.87. The van der Waals surface area contributed by atoms with Crippen molar-refractivity contribution >= 4 is 51.9 Å². The summed E-state index contributed by atoms with van der Waals surface area (Å²) in [6, 6.07) is 16.9. The maximum Gasteiger partial charge on any atom is 0.270 e. The molecule has 0 atom stereocenters. The molecule has 0 aliphatic heterocycles. The lowest BCUT2D eigenvalue weighted by molar-refractivity contribution is -0.384. The molecule has 0 saturated heterocycles. The van der Waals surface area contributed by atoms with Gasteiger partial charge in [0, 0.05) is 39.7 Å². The fourth-order valence-corrected chi connectivity index (χ4v) is 4.03.